The van der Waals surface area contributed by atoms with Crippen molar-refractivity contribution >= 4 is 39.5 Å². The molecular weight excluding hydrogens is 1310 g/mol. The molecule has 570 valence electrons. The highest BCUT2D eigenvalue weighted by Crippen LogP contribution is 2.45. The van der Waals surface area contributed by atoms with Gasteiger partial charge in [0.05, 0.1) is 26.4 Å². The minimum Gasteiger partial charge on any atom is -0.462 e. The third-order valence-electron chi connectivity index (χ3n) is 15.2. The lowest BCUT2D eigenvalue weighted by Gasteiger charge is -2.21. The predicted molar refractivity (Wildman–Crippen MR) is 408 cm³/mol. The molecular formula is C81H134O17P2. The zero-order chi connectivity index (χ0) is 73.2. The van der Waals surface area contributed by atoms with Crippen LogP contribution in [0.15, 0.2) is 146 Å². The maximum Gasteiger partial charge on any atom is 0.472 e. The van der Waals surface area contributed by atoms with Crippen LogP contribution in [-0.2, 0) is 65.4 Å². The number of aliphatic hydroxyl groups excluding tert-OH is 1. The molecule has 100 heavy (non-hydrogen) atoms. The second-order valence-electron chi connectivity index (χ2n) is 24.8. The number of unbranched alkanes of at least 4 members (excludes halogenated alkanes) is 20. The summed E-state index contributed by atoms with van der Waals surface area (Å²) in [7, 11) is -9.98. The lowest BCUT2D eigenvalue weighted by Crippen LogP contribution is -2.30. The summed E-state index contributed by atoms with van der Waals surface area (Å²) in [5.41, 5.74) is 0. The molecule has 0 spiro atoms. The summed E-state index contributed by atoms with van der Waals surface area (Å²) in [6.07, 6.45) is 81.3. The number of aliphatic hydroxyl groups is 1. The molecule has 0 aliphatic rings. The van der Waals surface area contributed by atoms with E-state index < -0.39 is 97.5 Å². The van der Waals surface area contributed by atoms with E-state index in [9.17, 15) is 43.2 Å². The van der Waals surface area contributed by atoms with Crippen LogP contribution in [0.5, 0.6) is 0 Å². The van der Waals surface area contributed by atoms with Gasteiger partial charge in [0.2, 0.25) is 0 Å². The van der Waals surface area contributed by atoms with Gasteiger partial charge in [-0.3, -0.25) is 37.3 Å². The highest BCUT2D eigenvalue weighted by molar-refractivity contribution is 7.47. The third-order valence-corrected chi connectivity index (χ3v) is 17.1. The van der Waals surface area contributed by atoms with E-state index in [0.29, 0.717) is 25.7 Å². The number of phosphoric acid groups is 2. The summed E-state index contributed by atoms with van der Waals surface area (Å²) in [6.45, 7) is 4.40. The molecule has 0 aliphatic heterocycles. The second kappa shape index (κ2) is 72.3. The summed E-state index contributed by atoms with van der Waals surface area (Å²) < 4.78 is 68.4. The first-order chi connectivity index (χ1) is 48.7. The zero-order valence-electron chi connectivity index (χ0n) is 62.1. The van der Waals surface area contributed by atoms with Gasteiger partial charge in [-0.05, 0) is 154 Å². The van der Waals surface area contributed by atoms with Crippen LogP contribution in [0.1, 0.15) is 285 Å². The summed E-state index contributed by atoms with van der Waals surface area (Å²) in [6, 6.07) is 0. The maximum absolute atomic E-state index is 13.1. The number of hydrogen-bond donors (Lipinski definition) is 3. The largest absolute Gasteiger partial charge is 0.472 e. The Hall–Kier alpha value is -5.06. The molecule has 0 aliphatic carbocycles. The SMILES string of the molecule is CC/C=C\C/C=C\C/C=C\C/C=C\CCCCCCCCC(=O)OCC(COP(=O)(O)OCC(O)COP(=O)(O)OCC(COC(=O)CCCC/C=C\C/C=C\C/C=C\C/C=C\CC)OC(=O)CCCCCCC/C=C\C/C=C\CCC)OC(=O)CCCCCCC/C=C\C/C=C\CCC. The van der Waals surface area contributed by atoms with Gasteiger partial charge in [-0.15, -0.1) is 0 Å². The van der Waals surface area contributed by atoms with E-state index in [1.165, 1.54) is 0 Å². The number of rotatable bonds is 70. The Labute approximate surface area is 605 Å². The smallest absolute Gasteiger partial charge is 0.462 e. The number of hydrogen-bond acceptors (Lipinski definition) is 15. The van der Waals surface area contributed by atoms with Crippen molar-refractivity contribution in [3.8, 4) is 0 Å². The van der Waals surface area contributed by atoms with Gasteiger partial charge < -0.3 is 33.8 Å². The third kappa shape index (κ3) is 71.3. The molecule has 5 unspecified atom stereocenters. The highest BCUT2D eigenvalue weighted by atomic mass is 31.2. The summed E-state index contributed by atoms with van der Waals surface area (Å²) in [4.78, 5) is 72.8. The van der Waals surface area contributed by atoms with Crippen LogP contribution >= 0.6 is 15.6 Å². The maximum atomic E-state index is 13.1. The Bertz CT molecular complexity index is 2470. The number of allylic oxidation sites excluding steroid dienone is 24. The predicted octanol–water partition coefficient (Wildman–Crippen LogP) is 21.9. The molecule has 17 nitrogen and oxygen atoms in total. The molecule has 0 aromatic carbocycles. The molecule has 0 fully saturated rings. The minimum atomic E-state index is -4.99. The van der Waals surface area contributed by atoms with Gasteiger partial charge >= 0.3 is 39.5 Å². The van der Waals surface area contributed by atoms with E-state index >= 15 is 0 Å². The molecule has 0 radical (unpaired) electrons. The van der Waals surface area contributed by atoms with Gasteiger partial charge in [-0.2, -0.15) is 0 Å². The Morgan fingerprint density at radius 3 is 0.820 bits per heavy atom. The lowest BCUT2D eigenvalue weighted by atomic mass is 10.1. The van der Waals surface area contributed by atoms with Crippen LogP contribution in [0, 0.1) is 0 Å². The van der Waals surface area contributed by atoms with Gasteiger partial charge in [0.15, 0.2) is 12.2 Å². The summed E-state index contributed by atoms with van der Waals surface area (Å²) in [5.74, 6) is -2.28. The molecule has 0 bridgehead atoms. The van der Waals surface area contributed by atoms with Gasteiger partial charge in [-0.25, -0.2) is 9.13 Å². The van der Waals surface area contributed by atoms with Gasteiger partial charge in [-0.1, -0.05) is 251 Å². The lowest BCUT2D eigenvalue weighted by molar-refractivity contribution is -0.161. The number of carbonyl (C=O) groups is 4. The molecule has 19 heteroatoms. The molecule has 0 rings (SSSR count). The Morgan fingerprint density at radius 1 is 0.290 bits per heavy atom. The van der Waals surface area contributed by atoms with Crippen LogP contribution in [-0.4, -0.2) is 96.7 Å². The molecule has 5 atom stereocenters. The average Bonchev–Trinajstić information content (AvgIpc) is 0.935. The first-order valence-corrected chi connectivity index (χ1v) is 41.1. The molecule has 3 N–H and O–H groups in total. The van der Waals surface area contributed by atoms with Crippen LogP contribution in [0.4, 0.5) is 0 Å². The minimum absolute atomic E-state index is 0.0652. The molecule has 0 heterocycles. The van der Waals surface area contributed by atoms with E-state index in [1.807, 2.05) is 0 Å². The fourth-order valence-corrected chi connectivity index (χ4v) is 11.1. The van der Waals surface area contributed by atoms with E-state index in [-0.39, 0.29) is 25.7 Å². The molecule has 0 saturated carbocycles. The van der Waals surface area contributed by atoms with Gasteiger partial charge in [0.25, 0.3) is 0 Å². The number of carbonyl (C=O) groups excluding carboxylic acids is 4. The Kier molecular flexibility index (Phi) is 68.6. The van der Waals surface area contributed by atoms with E-state index in [0.717, 1.165) is 205 Å². The van der Waals surface area contributed by atoms with Crippen molar-refractivity contribution in [3.05, 3.63) is 146 Å². The van der Waals surface area contributed by atoms with Crippen molar-refractivity contribution in [3.63, 3.8) is 0 Å². The van der Waals surface area contributed by atoms with Gasteiger partial charge in [0.1, 0.15) is 19.3 Å². The fraction of sp³-hybridized carbons (Fsp3) is 0.654. The van der Waals surface area contributed by atoms with Gasteiger partial charge in [0, 0.05) is 25.7 Å². The van der Waals surface area contributed by atoms with E-state index in [2.05, 4.69) is 174 Å². The second-order valence-corrected chi connectivity index (χ2v) is 27.7. The number of esters is 4. The summed E-state index contributed by atoms with van der Waals surface area (Å²) in [5, 5.41) is 10.6. The van der Waals surface area contributed by atoms with Crippen LogP contribution in [0.25, 0.3) is 0 Å². The van der Waals surface area contributed by atoms with Crippen molar-refractivity contribution in [2.24, 2.45) is 0 Å². The monoisotopic (exact) mass is 1440 g/mol. The molecule has 0 saturated heterocycles. The van der Waals surface area contributed by atoms with E-state index in [1.54, 1.807) is 0 Å². The first kappa shape index (κ1) is 94.9. The zero-order valence-corrected chi connectivity index (χ0v) is 63.9. The quantitative estimate of drug-likeness (QED) is 0.0169. The number of phosphoric ester groups is 2. The van der Waals surface area contributed by atoms with Crippen LogP contribution in [0.3, 0.4) is 0 Å². The molecule has 0 aromatic rings. The summed E-state index contributed by atoms with van der Waals surface area (Å²) >= 11 is 0. The first-order valence-electron chi connectivity index (χ1n) is 38.1. The Balaban J connectivity index is 5.39. The number of ether oxygens (including phenoxy) is 4. The standard InChI is InChI=1S/C81H134O17P2/c1-5-9-13-17-21-25-29-33-35-36-37-38-40-44-46-50-54-58-62-66-79(84)92-72-77(98-81(86)68-64-60-56-52-48-42-32-28-24-20-16-12-8-4)74-96-100(89,90)94-70-75(82)69-93-99(87,88)95-73-76(97-80(85)67-63-59-55-51-47-41-31-27-23-19-15-11-7-3)71-91-78(83)65-61-57-53-49-45-43-39-34-30-26-22-18-14-10-6-2/h9-10,13-16,19-22,25-28,31-35,37-39,45,49,75-77,82H,5-8,11-12,17-18,23-24,29-30,36,40-44,46-48,50-74H2,1-4H3,(H,87,88)(H,89,90)/b13-9-,14-10-,19-15-,20-16-,25-21-,26-22-,31-27-,32-28-,35-33-,38-37-,39-34-,49-45-. The normalized spacial score (nSPS) is 14.8. The van der Waals surface area contributed by atoms with E-state index in [4.69, 9.17) is 37.0 Å². The van der Waals surface area contributed by atoms with Crippen LogP contribution < -0.4 is 0 Å². The Morgan fingerprint density at radius 2 is 0.520 bits per heavy atom. The topological polar surface area (TPSA) is 237 Å². The van der Waals surface area contributed by atoms with Crippen molar-refractivity contribution in [2.75, 3.05) is 39.6 Å². The van der Waals surface area contributed by atoms with Crippen molar-refractivity contribution in [1.29, 1.82) is 0 Å². The average molecular weight is 1440 g/mol. The fourth-order valence-electron chi connectivity index (χ4n) is 9.51. The molecule has 0 aromatic heterocycles. The van der Waals surface area contributed by atoms with Crippen LogP contribution in [0.2, 0.25) is 0 Å². The highest BCUT2D eigenvalue weighted by Gasteiger charge is 2.30. The van der Waals surface area contributed by atoms with Crippen molar-refractivity contribution < 1.29 is 80.2 Å². The van der Waals surface area contributed by atoms with Crippen molar-refractivity contribution in [2.45, 2.75) is 303 Å². The molecule has 0 amide bonds. The van der Waals surface area contributed by atoms with Crippen molar-refractivity contribution in [1.82, 2.24) is 0 Å².